The van der Waals surface area contributed by atoms with Crippen molar-refractivity contribution in [3.05, 3.63) is 18.5 Å². The van der Waals surface area contributed by atoms with Crippen LogP contribution >= 0.6 is 0 Å². The molecule has 1 aromatic rings. The molecular formula is C9H14N2O4S2. The van der Waals surface area contributed by atoms with E-state index >= 15 is 0 Å². The van der Waals surface area contributed by atoms with E-state index < -0.39 is 31.2 Å². The summed E-state index contributed by atoms with van der Waals surface area (Å²) in [6.45, 7) is 1.47. The summed E-state index contributed by atoms with van der Waals surface area (Å²) in [6.07, 6.45) is 2.53. The standard InChI is InChI=1S/C9H14N2O4S2/c1-2-16(12,13)5-6-17(14,15)9-3-4-11-7-8(9)10/h3-4,7H,2,5-6,10H2,1H3. The SMILES string of the molecule is CCS(=O)(=O)CCS(=O)(=O)c1ccncc1N. The van der Waals surface area contributed by atoms with E-state index in [1.165, 1.54) is 25.4 Å². The van der Waals surface area contributed by atoms with E-state index in [1.807, 2.05) is 0 Å². The minimum Gasteiger partial charge on any atom is -0.396 e. The minimum atomic E-state index is -3.68. The molecule has 0 saturated heterocycles. The van der Waals surface area contributed by atoms with E-state index in [-0.39, 0.29) is 16.3 Å². The van der Waals surface area contributed by atoms with Crippen molar-refractivity contribution >= 4 is 25.4 Å². The molecule has 0 aliphatic carbocycles. The summed E-state index contributed by atoms with van der Waals surface area (Å²) < 4.78 is 46.2. The highest BCUT2D eigenvalue weighted by Gasteiger charge is 2.20. The number of nitrogen functional groups attached to an aromatic ring is 1. The van der Waals surface area contributed by atoms with Crippen LogP contribution in [-0.2, 0) is 19.7 Å². The molecule has 1 rings (SSSR count). The van der Waals surface area contributed by atoms with Gasteiger partial charge in [-0.15, -0.1) is 0 Å². The lowest BCUT2D eigenvalue weighted by Gasteiger charge is -2.06. The molecule has 17 heavy (non-hydrogen) atoms. The molecule has 2 N–H and O–H groups in total. The van der Waals surface area contributed by atoms with Crippen molar-refractivity contribution in [2.45, 2.75) is 11.8 Å². The Balaban J connectivity index is 2.95. The zero-order valence-electron chi connectivity index (χ0n) is 9.33. The first kappa shape index (κ1) is 13.9. The molecule has 0 aromatic carbocycles. The van der Waals surface area contributed by atoms with Crippen LogP contribution in [0.15, 0.2) is 23.4 Å². The first-order chi connectivity index (χ1) is 7.78. The molecule has 0 saturated carbocycles. The van der Waals surface area contributed by atoms with Crippen molar-refractivity contribution in [3.63, 3.8) is 0 Å². The first-order valence-electron chi connectivity index (χ1n) is 4.91. The number of hydrogen-bond acceptors (Lipinski definition) is 6. The van der Waals surface area contributed by atoms with Crippen LogP contribution in [-0.4, -0.2) is 39.1 Å². The number of hydrogen-bond donors (Lipinski definition) is 1. The van der Waals surface area contributed by atoms with Crippen LogP contribution in [0.3, 0.4) is 0 Å². The normalized spacial score (nSPS) is 12.5. The third kappa shape index (κ3) is 3.67. The zero-order chi connectivity index (χ0) is 13.1. The van der Waals surface area contributed by atoms with Crippen molar-refractivity contribution < 1.29 is 16.8 Å². The molecule has 96 valence electrons. The molecule has 1 heterocycles. The van der Waals surface area contributed by atoms with Crippen LogP contribution in [0.2, 0.25) is 0 Å². The van der Waals surface area contributed by atoms with Gasteiger partial charge in [-0.25, -0.2) is 16.8 Å². The van der Waals surface area contributed by atoms with Crippen LogP contribution in [0.5, 0.6) is 0 Å². The summed E-state index contributed by atoms with van der Waals surface area (Å²) >= 11 is 0. The van der Waals surface area contributed by atoms with Crippen LogP contribution in [0.1, 0.15) is 6.92 Å². The fourth-order valence-corrected chi connectivity index (χ4v) is 4.25. The van der Waals surface area contributed by atoms with Crippen molar-refractivity contribution in [2.24, 2.45) is 0 Å². The summed E-state index contributed by atoms with van der Waals surface area (Å²) in [5.41, 5.74) is 5.52. The Morgan fingerprint density at radius 3 is 2.41 bits per heavy atom. The lowest BCUT2D eigenvalue weighted by atomic mass is 10.4. The van der Waals surface area contributed by atoms with Crippen molar-refractivity contribution in [3.8, 4) is 0 Å². The van der Waals surface area contributed by atoms with Crippen LogP contribution in [0, 0.1) is 0 Å². The highest BCUT2D eigenvalue weighted by molar-refractivity contribution is 7.95. The highest BCUT2D eigenvalue weighted by Crippen LogP contribution is 2.17. The predicted octanol–water partition coefficient (Wildman–Crippen LogP) is -0.128. The van der Waals surface area contributed by atoms with E-state index in [0.717, 1.165) is 0 Å². The van der Waals surface area contributed by atoms with Gasteiger partial charge in [0.05, 0.1) is 28.3 Å². The Bertz CT molecular complexity index is 593. The molecular weight excluding hydrogens is 264 g/mol. The number of rotatable bonds is 5. The lowest BCUT2D eigenvalue weighted by Crippen LogP contribution is -2.19. The Kier molecular flexibility index (Phi) is 4.10. The number of pyridine rings is 1. The monoisotopic (exact) mass is 278 g/mol. The summed E-state index contributed by atoms with van der Waals surface area (Å²) in [6, 6.07) is 1.27. The van der Waals surface area contributed by atoms with Gasteiger partial charge in [-0.05, 0) is 6.07 Å². The van der Waals surface area contributed by atoms with E-state index in [9.17, 15) is 16.8 Å². The fourth-order valence-electron chi connectivity index (χ4n) is 1.17. The lowest BCUT2D eigenvalue weighted by molar-refractivity contribution is 0.588. The van der Waals surface area contributed by atoms with Crippen LogP contribution in [0.25, 0.3) is 0 Å². The van der Waals surface area contributed by atoms with Gasteiger partial charge in [-0.1, -0.05) is 6.92 Å². The average Bonchev–Trinajstić information content (AvgIpc) is 2.27. The van der Waals surface area contributed by atoms with Gasteiger partial charge < -0.3 is 5.73 Å². The second-order valence-corrected chi connectivity index (χ2v) is 8.02. The van der Waals surface area contributed by atoms with Gasteiger partial charge >= 0.3 is 0 Å². The Morgan fingerprint density at radius 2 is 1.88 bits per heavy atom. The molecule has 0 atom stereocenters. The number of sulfone groups is 2. The van der Waals surface area contributed by atoms with Crippen molar-refractivity contribution in [2.75, 3.05) is 23.0 Å². The third-order valence-corrected chi connectivity index (χ3v) is 6.00. The molecule has 0 aliphatic rings. The third-order valence-electron chi connectivity index (χ3n) is 2.25. The largest absolute Gasteiger partial charge is 0.396 e. The second-order valence-electron chi connectivity index (χ2n) is 3.47. The van der Waals surface area contributed by atoms with Gasteiger partial charge in [-0.2, -0.15) is 0 Å². The highest BCUT2D eigenvalue weighted by atomic mass is 32.2. The number of nitrogens with zero attached hydrogens (tertiary/aromatic N) is 1. The van der Waals surface area contributed by atoms with Gasteiger partial charge in [0.1, 0.15) is 0 Å². The van der Waals surface area contributed by atoms with Gasteiger partial charge in [0, 0.05) is 11.9 Å². The van der Waals surface area contributed by atoms with Gasteiger partial charge in [0.15, 0.2) is 19.7 Å². The Hall–Kier alpha value is -1.15. The van der Waals surface area contributed by atoms with Crippen molar-refractivity contribution in [1.29, 1.82) is 0 Å². The summed E-state index contributed by atoms with van der Waals surface area (Å²) in [5.74, 6) is -0.931. The molecule has 1 aromatic heterocycles. The predicted molar refractivity (Wildman–Crippen MR) is 65.0 cm³/mol. The van der Waals surface area contributed by atoms with E-state index in [0.29, 0.717) is 0 Å². The Morgan fingerprint density at radius 1 is 1.24 bits per heavy atom. The molecule has 0 spiro atoms. The molecule has 0 bridgehead atoms. The van der Waals surface area contributed by atoms with Crippen LogP contribution in [0.4, 0.5) is 5.69 Å². The maximum Gasteiger partial charge on any atom is 0.181 e. The van der Waals surface area contributed by atoms with E-state index in [4.69, 9.17) is 5.73 Å². The summed E-state index contributed by atoms with van der Waals surface area (Å²) in [4.78, 5) is 3.61. The molecule has 6 nitrogen and oxygen atoms in total. The second kappa shape index (κ2) is 5.01. The quantitative estimate of drug-likeness (QED) is 0.804. The molecule has 0 amide bonds. The Labute approximate surface area is 101 Å². The molecule has 0 radical (unpaired) electrons. The van der Waals surface area contributed by atoms with Crippen LogP contribution < -0.4 is 5.73 Å². The topological polar surface area (TPSA) is 107 Å². The minimum absolute atomic E-state index is 0.0291. The number of aromatic nitrogens is 1. The maximum atomic E-state index is 11.8. The number of anilines is 1. The smallest absolute Gasteiger partial charge is 0.181 e. The zero-order valence-corrected chi connectivity index (χ0v) is 11.0. The van der Waals surface area contributed by atoms with Gasteiger partial charge in [0.2, 0.25) is 0 Å². The van der Waals surface area contributed by atoms with E-state index in [2.05, 4.69) is 4.98 Å². The molecule has 0 fully saturated rings. The van der Waals surface area contributed by atoms with Crippen molar-refractivity contribution in [1.82, 2.24) is 4.98 Å². The molecule has 0 unspecified atom stereocenters. The summed E-state index contributed by atoms with van der Waals surface area (Å²) in [5, 5.41) is 0. The molecule has 0 aliphatic heterocycles. The van der Waals surface area contributed by atoms with Gasteiger partial charge in [0.25, 0.3) is 0 Å². The maximum absolute atomic E-state index is 11.8. The fraction of sp³-hybridized carbons (Fsp3) is 0.444. The first-order valence-corrected chi connectivity index (χ1v) is 8.38. The van der Waals surface area contributed by atoms with E-state index in [1.54, 1.807) is 0 Å². The average molecular weight is 278 g/mol. The summed E-state index contributed by atoms with van der Waals surface area (Å²) in [7, 11) is -6.99. The number of nitrogens with two attached hydrogens (primary N) is 1. The molecule has 8 heteroatoms. The van der Waals surface area contributed by atoms with Gasteiger partial charge in [-0.3, -0.25) is 4.98 Å².